The zero-order valence-corrected chi connectivity index (χ0v) is 12.2. The quantitative estimate of drug-likeness (QED) is 0.855. The lowest BCUT2D eigenvalue weighted by atomic mass is 9.61. The number of hydrogen-bond donors (Lipinski definition) is 1. The van der Waals surface area contributed by atoms with Gasteiger partial charge in [0.1, 0.15) is 5.60 Å². The molecule has 0 atom stereocenters. The summed E-state index contributed by atoms with van der Waals surface area (Å²) in [5, 5.41) is 13.4. The molecule has 2 heterocycles. The Kier molecular flexibility index (Phi) is 2.74. The van der Waals surface area contributed by atoms with Crippen molar-refractivity contribution in [2.45, 2.75) is 45.3 Å². The SMILES string of the molecule is CC(C)(C)OC(=O)N1CC2(CC(n3cc(O)cn3)C2)C1. The fourth-order valence-corrected chi connectivity index (χ4v) is 3.13. The topological polar surface area (TPSA) is 67.6 Å². The molecule has 1 aliphatic heterocycles. The van der Waals surface area contributed by atoms with Gasteiger partial charge in [-0.05, 0) is 33.6 Å². The fraction of sp³-hybridized carbons (Fsp3) is 0.714. The first-order chi connectivity index (χ1) is 9.26. The van der Waals surface area contributed by atoms with Gasteiger partial charge < -0.3 is 14.7 Å². The highest BCUT2D eigenvalue weighted by molar-refractivity contribution is 5.69. The molecule has 0 aromatic carbocycles. The van der Waals surface area contributed by atoms with Gasteiger partial charge in [0.25, 0.3) is 0 Å². The van der Waals surface area contributed by atoms with Crippen LogP contribution in [0, 0.1) is 5.41 Å². The van der Waals surface area contributed by atoms with Gasteiger partial charge in [0, 0.05) is 18.5 Å². The molecular formula is C14H21N3O3. The Hall–Kier alpha value is -1.72. The summed E-state index contributed by atoms with van der Waals surface area (Å²) < 4.78 is 7.17. The van der Waals surface area contributed by atoms with Gasteiger partial charge in [-0.25, -0.2) is 4.79 Å². The van der Waals surface area contributed by atoms with Crippen LogP contribution in [0.15, 0.2) is 12.4 Å². The molecule has 2 aliphatic rings. The molecule has 0 bridgehead atoms. The summed E-state index contributed by atoms with van der Waals surface area (Å²) >= 11 is 0. The molecule has 1 aromatic rings. The first-order valence-electron chi connectivity index (χ1n) is 6.97. The van der Waals surface area contributed by atoms with Crippen LogP contribution in [0.5, 0.6) is 5.75 Å². The molecule has 0 radical (unpaired) electrons. The molecule has 20 heavy (non-hydrogen) atoms. The van der Waals surface area contributed by atoms with E-state index >= 15 is 0 Å². The van der Waals surface area contributed by atoms with Crippen LogP contribution >= 0.6 is 0 Å². The minimum atomic E-state index is -0.436. The van der Waals surface area contributed by atoms with Crippen molar-refractivity contribution in [3.63, 3.8) is 0 Å². The number of carbonyl (C=O) groups is 1. The van der Waals surface area contributed by atoms with Gasteiger partial charge in [-0.1, -0.05) is 0 Å². The second-order valence-electron chi connectivity index (χ2n) is 7.08. The minimum absolute atomic E-state index is 0.204. The van der Waals surface area contributed by atoms with Crippen molar-refractivity contribution in [3.8, 4) is 5.75 Å². The summed E-state index contributed by atoms with van der Waals surface area (Å²) in [6.45, 7) is 7.18. The lowest BCUT2D eigenvalue weighted by Gasteiger charge is -2.58. The Balaban J connectivity index is 1.49. The number of likely N-dealkylation sites (tertiary alicyclic amines) is 1. The van der Waals surface area contributed by atoms with Gasteiger partial charge in [0.2, 0.25) is 0 Å². The van der Waals surface area contributed by atoms with E-state index in [4.69, 9.17) is 4.74 Å². The lowest BCUT2D eigenvalue weighted by molar-refractivity contribution is -0.0928. The summed E-state index contributed by atoms with van der Waals surface area (Å²) in [5.74, 6) is 0.204. The maximum atomic E-state index is 11.9. The Morgan fingerprint density at radius 1 is 1.45 bits per heavy atom. The molecule has 1 spiro atoms. The third-order valence-electron chi connectivity index (χ3n) is 4.00. The Labute approximate surface area is 118 Å². The molecule has 1 saturated heterocycles. The molecule has 3 rings (SSSR count). The van der Waals surface area contributed by atoms with Crippen LogP contribution in [0.3, 0.4) is 0 Å². The molecule has 6 nitrogen and oxygen atoms in total. The molecule has 1 saturated carbocycles. The van der Waals surface area contributed by atoms with Crippen LogP contribution < -0.4 is 0 Å². The van der Waals surface area contributed by atoms with Crippen molar-refractivity contribution in [3.05, 3.63) is 12.4 Å². The van der Waals surface area contributed by atoms with Crippen LogP contribution in [0.25, 0.3) is 0 Å². The molecule has 1 amide bonds. The van der Waals surface area contributed by atoms with E-state index < -0.39 is 5.60 Å². The highest BCUT2D eigenvalue weighted by atomic mass is 16.6. The van der Waals surface area contributed by atoms with Crippen molar-refractivity contribution in [1.82, 2.24) is 14.7 Å². The summed E-state index contributed by atoms with van der Waals surface area (Å²) in [4.78, 5) is 13.6. The van der Waals surface area contributed by atoms with E-state index in [1.807, 2.05) is 25.5 Å². The molecule has 1 aliphatic carbocycles. The van der Waals surface area contributed by atoms with Crippen molar-refractivity contribution in [2.24, 2.45) is 5.41 Å². The average Bonchev–Trinajstić information content (AvgIpc) is 2.57. The van der Waals surface area contributed by atoms with Crippen LogP contribution in [0.1, 0.15) is 39.7 Å². The van der Waals surface area contributed by atoms with E-state index in [1.54, 1.807) is 11.1 Å². The summed E-state index contributed by atoms with van der Waals surface area (Å²) in [6.07, 6.45) is 4.91. The van der Waals surface area contributed by atoms with Gasteiger partial charge in [0.05, 0.1) is 18.4 Å². The molecule has 110 valence electrons. The van der Waals surface area contributed by atoms with Gasteiger partial charge in [0.15, 0.2) is 5.75 Å². The lowest BCUT2D eigenvalue weighted by Crippen LogP contribution is -2.64. The summed E-state index contributed by atoms with van der Waals surface area (Å²) in [5.41, 5.74) is -0.197. The highest BCUT2D eigenvalue weighted by Gasteiger charge is 2.55. The summed E-state index contributed by atoms with van der Waals surface area (Å²) in [6, 6.07) is 0.344. The van der Waals surface area contributed by atoms with Crippen molar-refractivity contribution in [1.29, 1.82) is 0 Å². The maximum Gasteiger partial charge on any atom is 0.410 e. The first-order valence-corrected chi connectivity index (χ1v) is 6.97. The second kappa shape index (κ2) is 4.14. The Morgan fingerprint density at radius 3 is 2.60 bits per heavy atom. The van der Waals surface area contributed by atoms with E-state index in [1.165, 1.54) is 6.20 Å². The molecule has 1 aromatic heterocycles. The largest absolute Gasteiger partial charge is 0.505 e. The van der Waals surface area contributed by atoms with Crippen molar-refractivity contribution < 1.29 is 14.6 Å². The number of amides is 1. The number of nitrogens with zero attached hydrogens (tertiary/aromatic N) is 3. The predicted octanol–water partition coefficient (Wildman–Crippen LogP) is 2.16. The minimum Gasteiger partial charge on any atom is -0.505 e. The Morgan fingerprint density at radius 2 is 2.10 bits per heavy atom. The predicted molar refractivity (Wildman–Crippen MR) is 72.4 cm³/mol. The molecular weight excluding hydrogens is 258 g/mol. The zero-order valence-electron chi connectivity index (χ0n) is 12.2. The van der Waals surface area contributed by atoms with Crippen molar-refractivity contribution in [2.75, 3.05) is 13.1 Å². The molecule has 6 heteroatoms. The smallest absolute Gasteiger partial charge is 0.410 e. The maximum absolute atomic E-state index is 11.9. The number of aromatic nitrogens is 2. The second-order valence-corrected chi connectivity index (χ2v) is 7.08. The standard InChI is InChI=1S/C14H21N3O3/c1-13(2,3)20-12(19)16-8-14(9-16)4-10(5-14)17-7-11(18)6-15-17/h6-7,10,18H,4-5,8-9H2,1-3H3. The first kappa shape index (κ1) is 13.3. The van der Waals surface area contributed by atoms with Gasteiger partial charge in [-0.3, -0.25) is 4.68 Å². The number of rotatable bonds is 1. The third-order valence-corrected chi connectivity index (χ3v) is 4.00. The Bertz CT molecular complexity index is 518. The monoisotopic (exact) mass is 279 g/mol. The van der Waals surface area contributed by atoms with Crippen molar-refractivity contribution >= 4 is 6.09 Å². The zero-order chi connectivity index (χ0) is 14.5. The van der Waals surface area contributed by atoms with Crippen LogP contribution in [-0.2, 0) is 4.74 Å². The van der Waals surface area contributed by atoms with E-state index in [0.29, 0.717) is 6.04 Å². The highest BCUT2D eigenvalue weighted by Crippen LogP contribution is 2.54. The third kappa shape index (κ3) is 2.34. The van der Waals surface area contributed by atoms with Crippen LogP contribution in [-0.4, -0.2) is 44.6 Å². The number of carbonyl (C=O) groups excluding carboxylic acids is 1. The van der Waals surface area contributed by atoms with Gasteiger partial charge in [-0.15, -0.1) is 0 Å². The average molecular weight is 279 g/mol. The fourth-order valence-electron chi connectivity index (χ4n) is 3.13. The number of ether oxygens (including phenoxy) is 1. The molecule has 0 unspecified atom stereocenters. The van der Waals surface area contributed by atoms with E-state index in [2.05, 4.69) is 5.10 Å². The number of aromatic hydroxyl groups is 1. The van der Waals surface area contributed by atoms with E-state index in [9.17, 15) is 9.90 Å². The summed E-state index contributed by atoms with van der Waals surface area (Å²) in [7, 11) is 0. The van der Waals surface area contributed by atoms with Gasteiger partial charge in [-0.2, -0.15) is 5.10 Å². The number of hydrogen-bond acceptors (Lipinski definition) is 4. The van der Waals surface area contributed by atoms with Crippen LogP contribution in [0.4, 0.5) is 4.79 Å². The van der Waals surface area contributed by atoms with E-state index in [0.717, 1.165) is 25.9 Å². The van der Waals surface area contributed by atoms with E-state index in [-0.39, 0.29) is 17.3 Å². The normalized spacial score (nSPS) is 21.4. The van der Waals surface area contributed by atoms with Gasteiger partial charge >= 0.3 is 6.09 Å². The molecule has 1 N–H and O–H groups in total. The molecule has 2 fully saturated rings. The van der Waals surface area contributed by atoms with Crippen LogP contribution in [0.2, 0.25) is 0 Å².